The molecular formula is C13H17N5S. The lowest BCUT2D eigenvalue weighted by atomic mass is 10.1. The minimum Gasteiger partial charge on any atom is -0.330 e. The molecule has 19 heavy (non-hydrogen) atoms. The molecule has 6 heteroatoms. The first-order chi connectivity index (χ1) is 9.28. The standard InChI is InChI=1S/C13H17N5S/c1-9-8-10(6-7-14)2-5-12(9)19-13-15-16-17-18(13)11-3-4-11/h2,5,8,11H,3-4,6-7,14H2,1H3. The van der Waals surface area contributed by atoms with Gasteiger partial charge in [0.05, 0.1) is 6.04 Å². The molecule has 0 unspecified atom stereocenters. The number of benzene rings is 1. The lowest BCUT2D eigenvalue weighted by Gasteiger charge is -2.07. The molecule has 2 N–H and O–H groups in total. The number of nitrogens with two attached hydrogens (primary N) is 1. The van der Waals surface area contributed by atoms with Crippen molar-refractivity contribution in [3.05, 3.63) is 29.3 Å². The molecule has 100 valence electrons. The zero-order chi connectivity index (χ0) is 13.2. The van der Waals surface area contributed by atoms with E-state index in [0.717, 1.165) is 11.6 Å². The van der Waals surface area contributed by atoms with Crippen molar-refractivity contribution >= 4 is 11.8 Å². The van der Waals surface area contributed by atoms with Crippen LogP contribution in [0.1, 0.15) is 30.0 Å². The van der Waals surface area contributed by atoms with Gasteiger partial charge in [-0.15, -0.1) is 5.10 Å². The van der Waals surface area contributed by atoms with Crippen LogP contribution in [0.5, 0.6) is 0 Å². The van der Waals surface area contributed by atoms with Crippen molar-refractivity contribution < 1.29 is 0 Å². The summed E-state index contributed by atoms with van der Waals surface area (Å²) in [5.74, 6) is 0. The van der Waals surface area contributed by atoms with Crippen LogP contribution in [0.4, 0.5) is 0 Å². The normalized spacial score (nSPS) is 14.8. The van der Waals surface area contributed by atoms with Crippen LogP contribution in [0.2, 0.25) is 0 Å². The quantitative estimate of drug-likeness (QED) is 0.903. The SMILES string of the molecule is Cc1cc(CCN)ccc1Sc1nnnn1C1CC1. The Morgan fingerprint density at radius 2 is 2.26 bits per heavy atom. The summed E-state index contributed by atoms with van der Waals surface area (Å²) >= 11 is 1.64. The monoisotopic (exact) mass is 275 g/mol. The third-order valence-corrected chi connectivity index (χ3v) is 4.36. The van der Waals surface area contributed by atoms with E-state index in [1.54, 1.807) is 11.8 Å². The summed E-state index contributed by atoms with van der Waals surface area (Å²) < 4.78 is 1.94. The van der Waals surface area contributed by atoms with Crippen molar-refractivity contribution in [1.29, 1.82) is 0 Å². The summed E-state index contributed by atoms with van der Waals surface area (Å²) in [6.45, 7) is 2.81. The van der Waals surface area contributed by atoms with E-state index >= 15 is 0 Å². The highest BCUT2D eigenvalue weighted by atomic mass is 32.2. The van der Waals surface area contributed by atoms with Crippen molar-refractivity contribution in [3.8, 4) is 0 Å². The lowest BCUT2D eigenvalue weighted by molar-refractivity contribution is 0.565. The number of nitrogens with zero attached hydrogens (tertiary/aromatic N) is 4. The molecule has 1 aromatic carbocycles. The zero-order valence-corrected chi connectivity index (χ0v) is 11.7. The molecule has 0 aliphatic heterocycles. The summed E-state index contributed by atoms with van der Waals surface area (Å²) in [5, 5.41) is 12.9. The molecule has 0 spiro atoms. The number of aryl methyl sites for hydroxylation is 1. The predicted molar refractivity (Wildman–Crippen MR) is 74.1 cm³/mol. The maximum Gasteiger partial charge on any atom is 0.214 e. The van der Waals surface area contributed by atoms with Gasteiger partial charge >= 0.3 is 0 Å². The molecular weight excluding hydrogens is 258 g/mol. The van der Waals surface area contributed by atoms with E-state index in [0.29, 0.717) is 12.6 Å². The molecule has 1 aliphatic carbocycles. The maximum atomic E-state index is 5.58. The molecule has 1 aromatic heterocycles. The van der Waals surface area contributed by atoms with Gasteiger partial charge in [0, 0.05) is 4.90 Å². The summed E-state index contributed by atoms with van der Waals surface area (Å²) in [6.07, 6.45) is 3.30. The van der Waals surface area contributed by atoms with Gasteiger partial charge in [-0.1, -0.05) is 12.1 Å². The Balaban J connectivity index is 1.80. The van der Waals surface area contributed by atoms with Gasteiger partial charge in [0.15, 0.2) is 0 Å². The van der Waals surface area contributed by atoms with E-state index in [1.165, 1.54) is 28.9 Å². The Labute approximate surface area is 116 Å². The number of hydrogen-bond acceptors (Lipinski definition) is 5. The van der Waals surface area contributed by atoms with Gasteiger partial charge in [-0.25, -0.2) is 4.68 Å². The highest BCUT2D eigenvalue weighted by Crippen LogP contribution is 2.38. The molecule has 2 aromatic rings. The van der Waals surface area contributed by atoms with Gasteiger partial charge in [-0.2, -0.15) is 0 Å². The molecule has 0 atom stereocenters. The maximum absolute atomic E-state index is 5.58. The minimum absolute atomic E-state index is 0.509. The molecule has 3 rings (SSSR count). The van der Waals surface area contributed by atoms with E-state index in [4.69, 9.17) is 5.73 Å². The molecule has 1 saturated carbocycles. The Hall–Kier alpha value is -1.40. The van der Waals surface area contributed by atoms with E-state index in [2.05, 4.69) is 40.6 Å². The largest absolute Gasteiger partial charge is 0.330 e. The van der Waals surface area contributed by atoms with Crippen LogP contribution in [-0.2, 0) is 6.42 Å². The molecule has 0 bridgehead atoms. The number of tetrazole rings is 1. The number of rotatable bonds is 5. The third kappa shape index (κ3) is 2.79. The summed E-state index contributed by atoms with van der Waals surface area (Å²) in [6, 6.07) is 6.97. The zero-order valence-electron chi connectivity index (χ0n) is 10.9. The first kappa shape index (κ1) is 12.6. The van der Waals surface area contributed by atoms with E-state index in [-0.39, 0.29) is 0 Å². The van der Waals surface area contributed by atoms with Gasteiger partial charge in [0.25, 0.3) is 0 Å². The highest BCUT2D eigenvalue weighted by Gasteiger charge is 2.28. The van der Waals surface area contributed by atoms with Gasteiger partial charge in [0.2, 0.25) is 5.16 Å². The Kier molecular flexibility index (Phi) is 3.52. The molecule has 1 heterocycles. The Bertz CT molecular complexity index is 576. The van der Waals surface area contributed by atoms with Crippen LogP contribution < -0.4 is 5.73 Å². The molecule has 0 saturated heterocycles. The van der Waals surface area contributed by atoms with Crippen molar-refractivity contribution in [3.63, 3.8) is 0 Å². The average Bonchev–Trinajstić information content (AvgIpc) is 3.14. The molecule has 0 radical (unpaired) electrons. The van der Waals surface area contributed by atoms with Crippen LogP contribution in [0.3, 0.4) is 0 Å². The van der Waals surface area contributed by atoms with Crippen LogP contribution in [0, 0.1) is 6.92 Å². The summed E-state index contributed by atoms with van der Waals surface area (Å²) in [7, 11) is 0. The second kappa shape index (κ2) is 5.30. The minimum atomic E-state index is 0.509. The van der Waals surface area contributed by atoms with Crippen molar-refractivity contribution in [1.82, 2.24) is 20.2 Å². The molecule has 0 amide bonds. The first-order valence-electron chi connectivity index (χ1n) is 6.53. The van der Waals surface area contributed by atoms with E-state index in [9.17, 15) is 0 Å². The average molecular weight is 275 g/mol. The van der Waals surface area contributed by atoms with Crippen LogP contribution in [0.25, 0.3) is 0 Å². The third-order valence-electron chi connectivity index (χ3n) is 3.23. The fourth-order valence-corrected chi connectivity index (χ4v) is 2.96. The second-order valence-electron chi connectivity index (χ2n) is 4.88. The van der Waals surface area contributed by atoms with Gasteiger partial charge in [0.1, 0.15) is 0 Å². The molecule has 1 aliphatic rings. The van der Waals surface area contributed by atoms with Crippen molar-refractivity contribution in [2.24, 2.45) is 5.73 Å². The van der Waals surface area contributed by atoms with E-state index < -0.39 is 0 Å². The summed E-state index contributed by atoms with van der Waals surface area (Å²) in [5.41, 5.74) is 8.12. The Morgan fingerprint density at radius 3 is 2.95 bits per heavy atom. The van der Waals surface area contributed by atoms with Crippen LogP contribution >= 0.6 is 11.8 Å². The van der Waals surface area contributed by atoms with Crippen molar-refractivity contribution in [2.75, 3.05) is 6.54 Å². The van der Waals surface area contributed by atoms with Gasteiger partial charge in [-0.05, 0) is 72.1 Å². The molecule has 1 fully saturated rings. The summed E-state index contributed by atoms with van der Waals surface area (Å²) in [4.78, 5) is 1.21. The number of aromatic nitrogens is 4. The fourth-order valence-electron chi connectivity index (χ4n) is 2.05. The highest BCUT2D eigenvalue weighted by molar-refractivity contribution is 7.99. The van der Waals surface area contributed by atoms with Crippen LogP contribution in [0.15, 0.2) is 28.3 Å². The lowest BCUT2D eigenvalue weighted by Crippen LogP contribution is -2.03. The Morgan fingerprint density at radius 1 is 1.42 bits per heavy atom. The van der Waals surface area contributed by atoms with Crippen LogP contribution in [-0.4, -0.2) is 26.8 Å². The fraction of sp³-hybridized carbons (Fsp3) is 0.462. The van der Waals surface area contributed by atoms with Crippen molar-refractivity contribution in [2.45, 2.75) is 42.3 Å². The predicted octanol–water partition coefficient (Wildman–Crippen LogP) is 1.97. The smallest absolute Gasteiger partial charge is 0.214 e. The molecule has 5 nitrogen and oxygen atoms in total. The number of hydrogen-bond donors (Lipinski definition) is 1. The van der Waals surface area contributed by atoms with Gasteiger partial charge < -0.3 is 5.73 Å². The first-order valence-corrected chi connectivity index (χ1v) is 7.35. The van der Waals surface area contributed by atoms with Gasteiger partial charge in [-0.3, -0.25) is 0 Å². The van der Waals surface area contributed by atoms with E-state index in [1.807, 2.05) is 4.68 Å². The topological polar surface area (TPSA) is 69.6 Å². The second-order valence-corrected chi connectivity index (χ2v) is 5.89.